The third kappa shape index (κ3) is 4.15. The molecule has 2 N–H and O–H groups in total. The number of aliphatic hydroxyl groups excluding tert-OH is 1. The summed E-state index contributed by atoms with van der Waals surface area (Å²) in [5, 5.41) is 17.2. The van der Waals surface area contributed by atoms with Crippen molar-refractivity contribution in [2.45, 2.75) is 25.0 Å². The summed E-state index contributed by atoms with van der Waals surface area (Å²) in [6.07, 6.45) is 5.84. The number of nitrogens with zero attached hydrogens (tertiary/aromatic N) is 3. The van der Waals surface area contributed by atoms with Crippen molar-refractivity contribution in [3.63, 3.8) is 0 Å². The number of pyridine rings is 1. The van der Waals surface area contributed by atoms with Crippen LogP contribution in [-0.2, 0) is 18.2 Å². The standard InChI is InChI=1S/C24H24N4O4/c1-28-13-18(12-25-28)16-4-2-15(3-5-16)10-17-11-21(26-20-7-9-32-23(17)20)24(30)27-19-6-8-31-14-22(19)29/h2-5,7,9,11-13,19,22,29H,6,8,10,14H2,1H3,(H,27,30)/t19-,22-/m0/s1. The van der Waals surface area contributed by atoms with Gasteiger partial charge < -0.3 is 19.6 Å². The van der Waals surface area contributed by atoms with Crippen LogP contribution in [0.1, 0.15) is 28.0 Å². The lowest BCUT2D eigenvalue weighted by Crippen LogP contribution is -2.48. The van der Waals surface area contributed by atoms with E-state index in [0.717, 1.165) is 22.3 Å². The second-order valence-corrected chi connectivity index (χ2v) is 8.09. The van der Waals surface area contributed by atoms with Gasteiger partial charge in [0.15, 0.2) is 5.58 Å². The summed E-state index contributed by atoms with van der Waals surface area (Å²) in [4.78, 5) is 17.3. The number of rotatable bonds is 5. The molecule has 2 atom stereocenters. The van der Waals surface area contributed by atoms with Crippen LogP contribution in [0.15, 0.2) is 59.5 Å². The molecule has 0 saturated carbocycles. The van der Waals surface area contributed by atoms with Crippen LogP contribution < -0.4 is 5.32 Å². The summed E-state index contributed by atoms with van der Waals surface area (Å²) in [6.45, 7) is 0.732. The first-order chi connectivity index (χ1) is 15.6. The van der Waals surface area contributed by atoms with Gasteiger partial charge in [-0.3, -0.25) is 9.48 Å². The summed E-state index contributed by atoms with van der Waals surface area (Å²) in [6, 6.07) is 11.4. The molecule has 3 aromatic heterocycles. The summed E-state index contributed by atoms with van der Waals surface area (Å²) in [5.74, 6) is -0.313. The Labute approximate surface area is 184 Å². The van der Waals surface area contributed by atoms with E-state index in [4.69, 9.17) is 9.15 Å². The second kappa shape index (κ2) is 8.57. The lowest BCUT2D eigenvalue weighted by Gasteiger charge is -2.28. The molecular weight excluding hydrogens is 408 g/mol. The zero-order valence-electron chi connectivity index (χ0n) is 17.7. The van der Waals surface area contributed by atoms with Crippen molar-refractivity contribution in [1.82, 2.24) is 20.1 Å². The number of aliphatic hydroxyl groups is 1. The fourth-order valence-electron chi connectivity index (χ4n) is 4.01. The quantitative estimate of drug-likeness (QED) is 0.503. The van der Waals surface area contributed by atoms with Crippen LogP contribution in [0, 0.1) is 0 Å². The molecule has 1 fully saturated rings. The third-order valence-corrected chi connectivity index (χ3v) is 5.75. The SMILES string of the molecule is Cn1cc(-c2ccc(Cc3cc(C(=O)N[C@H]4CCOC[C@@H]4O)nc4ccoc34)cc2)cn1. The summed E-state index contributed by atoms with van der Waals surface area (Å²) < 4.78 is 12.7. The monoisotopic (exact) mass is 432 g/mol. The zero-order chi connectivity index (χ0) is 22.1. The maximum atomic E-state index is 12.9. The number of hydrogen-bond acceptors (Lipinski definition) is 6. The van der Waals surface area contributed by atoms with Gasteiger partial charge >= 0.3 is 0 Å². The van der Waals surface area contributed by atoms with Crippen LogP contribution in [0.2, 0.25) is 0 Å². The van der Waals surface area contributed by atoms with Gasteiger partial charge in [-0.25, -0.2) is 4.98 Å². The number of ether oxygens (including phenoxy) is 1. The van der Waals surface area contributed by atoms with Gasteiger partial charge in [-0.15, -0.1) is 0 Å². The van der Waals surface area contributed by atoms with E-state index in [-0.39, 0.29) is 18.6 Å². The molecule has 0 spiro atoms. The van der Waals surface area contributed by atoms with E-state index < -0.39 is 6.10 Å². The van der Waals surface area contributed by atoms with Gasteiger partial charge in [0.05, 0.1) is 31.2 Å². The van der Waals surface area contributed by atoms with Crippen LogP contribution in [-0.4, -0.2) is 51.1 Å². The highest BCUT2D eigenvalue weighted by Gasteiger charge is 2.26. The molecular formula is C24H24N4O4. The van der Waals surface area contributed by atoms with Crippen LogP contribution >= 0.6 is 0 Å². The Morgan fingerprint density at radius 3 is 2.84 bits per heavy atom. The van der Waals surface area contributed by atoms with E-state index in [1.165, 1.54) is 0 Å². The van der Waals surface area contributed by atoms with Crippen LogP contribution in [0.5, 0.6) is 0 Å². The Morgan fingerprint density at radius 2 is 2.09 bits per heavy atom. The first-order valence-corrected chi connectivity index (χ1v) is 10.6. The largest absolute Gasteiger partial charge is 0.462 e. The molecule has 1 aliphatic rings. The Bertz CT molecular complexity index is 1240. The van der Waals surface area contributed by atoms with Gasteiger partial charge in [0.2, 0.25) is 0 Å². The normalized spacial score (nSPS) is 18.7. The average molecular weight is 432 g/mol. The van der Waals surface area contributed by atoms with E-state index in [1.807, 2.05) is 19.4 Å². The van der Waals surface area contributed by atoms with Crippen molar-refractivity contribution < 1.29 is 19.1 Å². The first-order valence-electron chi connectivity index (χ1n) is 10.6. The molecule has 164 valence electrons. The van der Waals surface area contributed by atoms with E-state index >= 15 is 0 Å². The minimum absolute atomic E-state index is 0.222. The molecule has 8 heteroatoms. The number of hydrogen-bond donors (Lipinski definition) is 2. The highest BCUT2D eigenvalue weighted by molar-refractivity contribution is 5.95. The number of carbonyl (C=O) groups excluding carboxylic acids is 1. The number of fused-ring (bicyclic) bond motifs is 1. The summed E-state index contributed by atoms with van der Waals surface area (Å²) >= 11 is 0. The van der Waals surface area contributed by atoms with Gasteiger partial charge in [-0.05, 0) is 23.6 Å². The van der Waals surface area contributed by atoms with Crippen molar-refractivity contribution in [2.24, 2.45) is 7.05 Å². The van der Waals surface area contributed by atoms with Gasteiger partial charge in [-0.2, -0.15) is 5.10 Å². The molecule has 8 nitrogen and oxygen atoms in total. The Hall–Kier alpha value is -3.49. The number of benzene rings is 1. The molecule has 5 rings (SSSR count). The molecule has 1 saturated heterocycles. The molecule has 0 radical (unpaired) electrons. The highest BCUT2D eigenvalue weighted by Crippen LogP contribution is 2.25. The van der Waals surface area contributed by atoms with Crippen LogP contribution in [0.4, 0.5) is 0 Å². The third-order valence-electron chi connectivity index (χ3n) is 5.75. The molecule has 0 aliphatic carbocycles. The molecule has 32 heavy (non-hydrogen) atoms. The number of carbonyl (C=O) groups is 1. The minimum atomic E-state index is -0.719. The van der Waals surface area contributed by atoms with Crippen molar-refractivity contribution in [2.75, 3.05) is 13.2 Å². The van der Waals surface area contributed by atoms with E-state index in [1.54, 1.807) is 23.1 Å². The number of furan rings is 1. The topological polar surface area (TPSA) is 102 Å². The fourth-order valence-corrected chi connectivity index (χ4v) is 4.01. The minimum Gasteiger partial charge on any atom is -0.462 e. The van der Waals surface area contributed by atoms with Gasteiger partial charge in [0, 0.05) is 43.5 Å². The fraction of sp³-hybridized carbons (Fsp3) is 0.292. The lowest BCUT2D eigenvalue weighted by atomic mass is 10.0. The smallest absolute Gasteiger partial charge is 0.270 e. The number of aromatic nitrogens is 3. The maximum Gasteiger partial charge on any atom is 0.270 e. The number of amides is 1. The van der Waals surface area contributed by atoms with Crippen LogP contribution in [0.3, 0.4) is 0 Å². The average Bonchev–Trinajstić information content (AvgIpc) is 3.45. The predicted molar refractivity (Wildman–Crippen MR) is 118 cm³/mol. The molecule has 4 aromatic rings. The van der Waals surface area contributed by atoms with E-state index in [2.05, 4.69) is 39.7 Å². The van der Waals surface area contributed by atoms with Crippen molar-refractivity contribution >= 4 is 17.0 Å². The van der Waals surface area contributed by atoms with Gasteiger partial charge in [-0.1, -0.05) is 24.3 Å². The Kier molecular flexibility index (Phi) is 5.46. The molecule has 4 heterocycles. The maximum absolute atomic E-state index is 12.9. The molecule has 1 amide bonds. The summed E-state index contributed by atoms with van der Waals surface area (Å²) in [7, 11) is 1.90. The molecule has 1 aromatic carbocycles. The Balaban J connectivity index is 1.39. The van der Waals surface area contributed by atoms with Crippen LogP contribution in [0.25, 0.3) is 22.2 Å². The van der Waals surface area contributed by atoms with E-state index in [0.29, 0.717) is 36.2 Å². The van der Waals surface area contributed by atoms with Crippen molar-refractivity contribution in [3.8, 4) is 11.1 Å². The molecule has 0 bridgehead atoms. The van der Waals surface area contributed by atoms with Gasteiger partial charge in [0.25, 0.3) is 5.91 Å². The van der Waals surface area contributed by atoms with Crippen molar-refractivity contribution in [1.29, 1.82) is 0 Å². The Morgan fingerprint density at radius 1 is 1.25 bits per heavy atom. The number of nitrogens with one attached hydrogen (secondary N) is 1. The molecule has 0 unspecified atom stereocenters. The first kappa shape index (κ1) is 20.4. The van der Waals surface area contributed by atoms with Gasteiger partial charge in [0.1, 0.15) is 11.2 Å². The zero-order valence-corrected chi connectivity index (χ0v) is 17.7. The lowest BCUT2D eigenvalue weighted by molar-refractivity contribution is -0.0261. The van der Waals surface area contributed by atoms with E-state index in [9.17, 15) is 9.90 Å². The summed E-state index contributed by atoms with van der Waals surface area (Å²) in [5.41, 5.74) is 5.73. The number of aryl methyl sites for hydroxylation is 1. The van der Waals surface area contributed by atoms with Crippen molar-refractivity contribution in [3.05, 3.63) is 71.9 Å². The molecule has 1 aliphatic heterocycles. The second-order valence-electron chi connectivity index (χ2n) is 8.09. The predicted octanol–water partition coefficient (Wildman–Crippen LogP) is 2.70. The highest BCUT2D eigenvalue weighted by atomic mass is 16.5.